The zero-order valence-corrected chi connectivity index (χ0v) is 13.7. The van der Waals surface area contributed by atoms with Crippen molar-refractivity contribution in [2.75, 3.05) is 49.5 Å². The zero-order valence-electron chi connectivity index (χ0n) is 13.7. The number of rotatable bonds is 4. The number of hydrogen-bond donors (Lipinski definition) is 1. The predicted octanol–water partition coefficient (Wildman–Crippen LogP) is 1.13. The maximum Gasteiger partial charge on any atom is 0.219 e. The van der Waals surface area contributed by atoms with Crippen molar-refractivity contribution in [3.8, 4) is 0 Å². The Labute approximate surface area is 137 Å². The number of nitrogens with one attached hydrogen (secondary N) is 1. The standard InChI is InChI=1S/C16H25N5O2/c1-13(22)21-7-8-23-14(11-21)10-17-15-9-16(19-12-18-15)20-5-3-2-4-6-20/h9,12,14H,2-8,10-11H2,1H3,(H,17,18,19)/t14-/m1/s1. The number of hydrogen-bond acceptors (Lipinski definition) is 6. The molecule has 1 atom stereocenters. The molecular weight excluding hydrogens is 294 g/mol. The third-order valence-corrected chi connectivity index (χ3v) is 4.43. The average molecular weight is 319 g/mol. The van der Waals surface area contributed by atoms with Gasteiger partial charge in [-0.25, -0.2) is 9.97 Å². The minimum Gasteiger partial charge on any atom is -0.373 e. The van der Waals surface area contributed by atoms with Crippen LogP contribution in [-0.4, -0.2) is 66.2 Å². The lowest BCUT2D eigenvalue weighted by molar-refractivity contribution is -0.135. The van der Waals surface area contributed by atoms with E-state index in [0.717, 1.165) is 24.7 Å². The molecule has 126 valence electrons. The van der Waals surface area contributed by atoms with E-state index in [1.165, 1.54) is 19.3 Å². The fraction of sp³-hybridized carbons (Fsp3) is 0.688. The molecule has 0 bridgehead atoms. The summed E-state index contributed by atoms with van der Waals surface area (Å²) in [7, 11) is 0. The van der Waals surface area contributed by atoms with Gasteiger partial charge in [0, 0.05) is 45.7 Å². The lowest BCUT2D eigenvalue weighted by Crippen LogP contribution is -2.47. The summed E-state index contributed by atoms with van der Waals surface area (Å²) in [6, 6.07) is 2.00. The minimum atomic E-state index is 0.000974. The van der Waals surface area contributed by atoms with Gasteiger partial charge in [0.25, 0.3) is 0 Å². The van der Waals surface area contributed by atoms with Crippen LogP contribution in [0.3, 0.4) is 0 Å². The van der Waals surface area contributed by atoms with Crippen LogP contribution in [0.25, 0.3) is 0 Å². The summed E-state index contributed by atoms with van der Waals surface area (Å²) in [5.41, 5.74) is 0. The number of piperidine rings is 1. The summed E-state index contributed by atoms with van der Waals surface area (Å²) in [6.07, 6.45) is 5.36. The molecule has 7 nitrogen and oxygen atoms in total. The Kier molecular flexibility index (Phi) is 5.27. The number of carbonyl (C=O) groups is 1. The molecule has 23 heavy (non-hydrogen) atoms. The molecule has 7 heteroatoms. The Balaban J connectivity index is 1.54. The monoisotopic (exact) mass is 319 g/mol. The molecule has 2 aliphatic heterocycles. The molecule has 1 N–H and O–H groups in total. The van der Waals surface area contributed by atoms with Crippen LogP contribution in [0.5, 0.6) is 0 Å². The van der Waals surface area contributed by atoms with Crippen LogP contribution in [-0.2, 0) is 9.53 Å². The van der Waals surface area contributed by atoms with Crippen molar-refractivity contribution in [2.45, 2.75) is 32.3 Å². The van der Waals surface area contributed by atoms with Gasteiger partial charge in [-0.3, -0.25) is 4.79 Å². The second-order valence-electron chi connectivity index (χ2n) is 6.15. The van der Waals surface area contributed by atoms with Gasteiger partial charge < -0.3 is 19.9 Å². The van der Waals surface area contributed by atoms with Crippen LogP contribution in [0, 0.1) is 0 Å². The van der Waals surface area contributed by atoms with Gasteiger partial charge in [0.15, 0.2) is 0 Å². The number of carbonyl (C=O) groups excluding carboxylic acids is 1. The second kappa shape index (κ2) is 7.59. The van der Waals surface area contributed by atoms with Crippen molar-refractivity contribution >= 4 is 17.5 Å². The number of amides is 1. The fourth-order valence-corrected chi connectivity index (χ4v) is 3.09. The summed E-state index contributed by atoms with van der Waals surface area (Å²) in [5, 5.41) is 3.31. The van der Waals surface area contributed by atoms with Crippen molar-refractivity contribution in [1.82, 2.24) is 14.9 Å². The van der Waals surface area contributed by atoms with Crippen molar-refractivity contribution in [1.29, 1.82) is 0 Å². The molecule has 1 amide bonds. The van der Waals surface area contributed by atoms with E-state index < -0.39 is 0 Å². The van der Waals surface area contributed by atoms with E-state index in [2.05, 4.69) is 20.2 Å². The zero-order chi connectivity index (χ0) is 16.1. The molecule has 2 fully saturated rings. The van der Waals surface area contributed by atoms with E-state index in [9.17, 15) is 4.79 Å². The van der Waals surface area contributed by atoms with Crippen molar-refractivity contribution in [2.24, 2.45) is 0 Å². The molecule has 3 heterocycles. The number of aromatic nitrogens is 2. The van der Waals surface area contributed by atoms with Gasteiger partial charge >= 0.3 is 0 Å². The first kappa shape index (κ1) is 16.0. The molecule has 2 aliphatic rings. The normalized spacial score (nSPS) is 22.0. The Morgan fingerprint density at radius 3 is 2.91 bits per heavy atom. The van der Waals surface area contributed by atoms with E-state index in [1.807, 2.05) is 11.0 Å². The summed E-state index contributed by atoms with van der Waals surface area (Å²) >= 11 is 0. The predicted molar refractivity (Wildman–Crippen MR) is 88.6 cm³/mol. The Morgan fingerprint density at radius 1 is 1.30 bits per heavy atom. The fourth-order valence-electron chi connectivity index (χ4n) is 3.09. The third-order valence-electron chi connectivity index (χ3n) is 4.43. The summed E-state index contributed by atoms with van der Waals surface area (Å²) in [5.74, 6) is 1.90. The Bertz CT molecular complexity index is 533. The lowest BCUT2D eigenvalue weighted by Gasteiger charge is -2.32. The van der Waals surface area contributed by atoms with E-state index in [-0.39, 0.29) is 12.0 Å². The van der Waals surface area contributed by atoms with Gasteiger partial charge in [-0.15, -0.1) is 0 Å². The third kappa shape index (κ3) is 4.31. The number of nitrogens with zero attached hydrogens (tertiary/aromatic N) is 4. The van der Waals surface area contributed by atoms with Crippen LogP contribution in [0.1, 0.15) is 26.2 Å². The van der Waals surface area contributed by atoms with E-state index in [0.29, 0.717) is 26.2 Å². The highest BCUT2D eigenvalue weighted by molar-refractivity contribution is 5.73. The number of anilines is 2. The number of ether oxygens (including phenoxy) is 1. The smallest absolute Gasteiger partial charge is 0.219 e. The number of morpholine rings is 1. The van der Waals surface area contributed by atoms with E-state index in [4.69, 9.17) is 4.74 Å². The molecule has 0 radical (unpaired) electrons. The molecule has 1 aromatic heterocycles. The SMILES string of the molecule is CC(=O)N1CCO[C@H](CNc2cc(N3CCCCC3)ncn2)C1. The maximum absolute atomic E-state index is 11.5. The lowest BCUT2D eigenvalue weighted by atomic mass is 10.1. The molecule has 0 spiro atoms. The van der Waals surface area contributed by atoms with Crippen LogP contribution in [0.15, 0.2) is 12.4 Å². The molecule has 3 rings (SSSR count). The quantitative estimate of drug-likeness (QED) is 0.897. The Morgan fingerprint density at radius 2 is 2.13 bits per heavy atom. The maximum atomic E-state index is 11.5. The summed E-state index contributed by atoms with van der Waals surface area (Å²) in [4.78, 5) is 24.3. The van der Waals surface area contributed by atoms with Crippen molar-refractivity contribution in [3.05, 3.63) is 12.4 Å². The summed E-state index contributed by atoms with van der Waals surface area (Å²) in [6.45, 7) is 6.27. The van der Waals surface area contributed by atoms with Gasteiger partial charge in [0.05, 0.1) is 12.7 Å². The van der Waals surface area contributed by atoms with Gasteiger partial charge in [-0.05, 0) is 19.3 Å². The topological polar surface area (TPSA) is 70.6 Å². The highest BCUT2D eigenvalue weighted by Crippen LogP contribution is 2.19. The van der Waals surface area contributed by atoms with Crippen LogP contribution in [0.2, 0.25) is 0 Å². The van der Waals surface area contributed by atoms with Crippen molar-refractivity contribution < 1.29 is 9.53 Å². The largest absolute Gasteiger partial charge is 0.373 e. The van der Waals surface area contributed by atoms with Crippen LogP contribution in [0.4, 0.5) is 11.6 Å². The van der Waals surface area contributed by atoms with Gasteiger partial charge in [0.1, 0.15) is 18.0 Å². The Hall–Kier alpha value is -1.89. The molecule has 0 unspecified atom stereocenters. The highest BCUT2D eigenvalue weighted by atomic mass is 16.5. The highest BCUT2D eigenvalue weighted by Gasteiger charge is 2.22. The van der Waals surface area contributed by atoms with Gasteiger partial charge in [-0.1, -0.05) is 0 Å². The molecule has 0 saturated carbocycles. The molecule has 0 aliphatic carbocycles. The van der Waals surface area contributed by atoms with Gasteiger partial charge in [0.2, 0.25) is 5.91 Å². The molecule has 0 aromatic carbocycles. The molecule has 2 saturated heterocycles. The first-order valence-corrected chi connectivity index (χ1v) is 8.40. The van der Waals surface area contributed by atoms with E-state index in [1.54, 1.807) is 13.3 Å². The first-order chi connectivity index (χ1) is 11.2. The molecule has 1 aromatic rings. The minimum absolute atomic E-state index is 0.000974. The van der Waals surface area contributed by atoms with E-state index >= 15 is 0 Å². The summed E-state index contributed by atoms with van der Waals surface area (Å²) < 4.78 is 5.72. The van der Waals surface area contributed by atoms with Crippen LogP contribution < -0.4 is 10.2 Å². The van der Waals surface area contributed by atoms with Crippen molar-refractivity contribution in [3.63, 3.8) is 0 Å². The molecular formula is C16H25N5O2. The van der Waals surface area contributed by atoms with Crippen LogP contribution >= 0.6 is 0 Å². The second-order valence-corrected chi connectivity index (χ2v) is 6.15. The average Bonchev–Trinajstić information content (AvgIpc) is 2.61. The van der Waals surface area contributed by atoms with Gasteiger partial charge in [-0.2, -0.15) is 0 Å². The first-order valence-electron chi connectivity index (χ1n) is 8.40.